The van der Waals surface area contributed by atoms with Crippen molar-refractivity contribution in [2.24, 2.45) is 0 Å². The van der Waals surface area contributed by atoms with Gasteiger partial charge in [-0.3, -0.25) is 0 Å². The van der Waals surface area contributed by atoms with Crippen molar-refractivity contribution in [3.63, 3.8) is 0 Å². The van der Waals surface area contributed by atoms with Crippen LogP contribution in [0.1, 0.15) is 26.2 Å². The molecule has 0 radical (unpaired) electrons. The number of benzene rings is 2. The van der Waals surface area contributed by atoms with Crippen LogP contribution in [-0.2, 0) is 6.54 Å². The molecule has 0 spiro atoms. The Morgan fingerprint density at radius 1 is 0.850 bits per heavy atom. The zero-order chi connectivity index (χ0) is 14.1. The molecule has 1 aromatic heterocycles. The Hall–Kier alpha value is -0.800. The Kier molecular flexibility index (Phi) is 4.18. The Balaban J connectivity index is 2.24. The lowest BCUT2D eigenvalue weighted by molar-refractivity contribution is 0.627. The minimum Gasteiger partial charge on any atom is -0.340 e. The van der Waals surface area contributed by atoms with Crippen molar-refractivity contribution in [2.45, 2.75) is 32.7 Å². The molecule has 0 N–H and O–H groups in total. The molecule has 0 aliphatic carbocycles. The number of halogens is 2. The molecule has 1 nitrogen and oxygen atoms in total. The van der Waals surface area contributed by atoms with Crippen molar-refractivity contribution in [3.8, 4) is 0 Å². The number of aryl methyl sites for hydroxylation is 1. The smallest absolute Gasteiger partial charge is 0.0502 e. The summed E-state index contributed by atoms with van der Waals surface area (Å²) in [6.07, 6.45) is 3.77. The van der Waals surface area contributed by atoms with Crippen molar-refractivity contribution >= 4 is 53.7 Å². The van der Waals surface area contributed by atoms with E-state index >= 15 is 0 Å². The lowest BCUT2D eigenvalue weighted by Crippen LogP contribution is -1.97. The first-order chi connectivity index (χ1) is 9.70. The summed E-state index contributed by atoms with van der Waals surface area (Å²) in [6, 6.07) is 13.1. The Morgan fingerprint density at radius 3 is 1.90 bits per heavy atom. The first kappa shape index (κ1) is 14.2. The van der Waals surface area contributed by atoms with E-state index < -0.39 is 0 Å². The van der Waals surface area contributed by atoms with E-state index in [1.165, 1.54) is 41.1 Å². The van der Waals surface area contributed by atoms with Gasteiger partial charge in [0.2, 0.25) is 0 Å². The van der Waals surface area contributed by atoms with Gasteiger partial charge < -0.3 is 4.57 Å². The highest BCUT2D eigenvalue weighted by molar-refractivity contribution is 9.10. The summed E-state index contributed by atoms with van der Waals surface area (Å²) in [7, 11) is 0. The van der Waals surface area contributed by atoms with E-state index in [0.29, 0.717) is 0 Å². The molecule has 0 bridgehead atoms. The van der Waals surface area contributed by atoms with Gasteiger partial charge in [-0.2, -0.15) is 0 Å². The third kappa shape index (κ3) is 2.53. The minimum atomic E-state index is 1.08. The molecule has 2 aromatic carbocycles. The van der Waals surface area contributed by atoms with E-state index in [2.05, 4.69) is 79.7 Å². The molecule has 0 aliphatic rings. The van der Waals surface area contributed by atoms with E-state index in [1.807, 2.05) is 0 Å². The molecule has 0 fully saturated rings. The van der Waals surface area contributed by atoms with Crippen LogP contribution in [0.15, 0.2) is 45.3 Å². The summed E-state index contributed by atoms with van der Waals surface area (Å²) in [5, 5.41) is 2.68. The maximum atomic E-state index is 3.60. The van der Waals surface area contributed by atoms with Crippen molar-refractivity contribution in [3.05, 3.63) is 45.3 Å². The first-order valence-corrected chi connectivity index (χ1v) is 8.66. The van der Waals surface area contributed by atoms with Gasteiger partial charge in [0.15, 0.2) is 0 Å². The molecular weight excluding hydrogens is 378 g/mol. The second-order valence-corrected chi connectivity index (χ2v) is 7.01. The molecule has 3 heteroatoms. The molecule has 0 amide bonds. The summed E-state index contributed by atoms with van der Waals surface area (Å²) in [6.45, 7) is 3.33. The second kappa shape index (κ2) is 5.90. The van der Waals surface area contributed by atoms with Gasteiger partial charge in [0.1, 0.15) is 0 Å². The minimum absolute atomic E-state index is 1.08. The van der Waals surface area contributed by atoms with E-state index in [0.717, 1.165) is 15.5 Å². The van der Waals surface area contributed by atoms with Gasteiger partial charge in [-0.25, -0.2) is 0 Å². The van der Waals surface area contributed by atoms with Crippen LogP contribution >= 0.6 is 31.9 Å². The number of nitrogens with zero attached hydrogens (tertiary/aromatic N) is 1. The molecule has 0 saturated carbocycles. The maximum absolute atomic E-state index is 3.60. The molecule has 0 unspecified atom stereocenters. The van der Waals surface area contributed by atoms with E-state index in [4.69, 9.17) is 0 Å². The summed E-state index contributed by atoms with van der Waals surface area (Å²) in [5.41, 5.74) is 2.65. The SMILES string of the molecule is CCCCCn1c2cc(Br)ccc2c2ccc(Br)cc21. The highest BCUT2D eigenvalue weighted by atomic mass is 79.9. The second-order valence-electron chi connectivity index (χ2n) is 5.18. The summed E-state index contributed by atoms with van der Waals surface area (Å²) in [4.78, 5) is 0. The zero-order valence-electron chi connectivity index (χ0n) is 11.5. The number of fused-ring (bicyclic) bond motifs is 3. The molecular formula is C17H17Br2N. The average Bonchev–Trinajstić information content (AvgIpc) is 2.72. The number of unbranched alkanes of at least 4 members (excludes halogenated alkanes) is 2. The van der Waals surface area contributed by atoms with Crippen LogP contribution in [0, 0.1) is 0 Å². The standard InChI is InChI=1S/C17H17Br2N/c1-2-3-4-9-20-16-10-12(18)5-7-14(16)15-8-6-13(19)11-17(15)20/h5-8,10-11H,2-4,9H2,1H3. The van der Waals surface area contributed by atoms with Gasteiger partial charge in [0.25, 0.3) is 0 Å². The molecule has 0 saturated heterocycles. The van der Waals surface area contributed by atoms with Crippen LogP contribution in [0.25, 0.3) is 21.8 Å². The normalized spacial score (nSPS) is 11.6. The predicted molar refractivity (Wildman–Crippen MR) is 94.4 cm³/mol. The largest absolute Gasteiger partial charge is 0.340 e. The van der Waals surface area contributed by atoms with Gasteiger partial charge in [0.05, 0.1) is 11.0 Å². The van der Waals surface area contributed by atoms with E-state index in [1.54, 1.807) is 0 Å². The topological polar surface area (TPSA) is 4.93 Å². The third-order valence-electron chi connectivity index (χ3n) is 3.78. The predicted octanol–water partition coefficient (Wildman–Crippen LogP) is 6.51. The summed E-state index contributed by atoms with van der Waals surface area (Å²) in [5.74, 6) is 0. The van der Waals surface area contributed by atoms with Crippen LogP contribution in [0.3, 0.4) is 0 Å². The lowest BCUT2D eigenvalue weighted by atomic mass is 10.2. The van der Waals surface area contributed by atoms with Crippen LogP contribution in [0.4, 0.5) is 0 Å². The van der Waals surface area contributed by atoms with Gasteiger partial charge in [-0.1, -0.05) is 63.8 Å². The lowest BCUT2D eigenvalue weighted by Gasteiger charge is -2.07. The molecule has 1 heterocycles. The first-order valence-electron chi connectivity index (χ1n) is 7.07. The fourth-order valence-electron chi connectivity index (χ4n) is 2.80. The highest BCUT2D eigenvalue weighted by Gasteiger charge is 2.11. The molecule has 3 aromatic rings. The van der Waals surface area contributed by atoms with Crippen LogP contribution in [-0.4, -0.2) is 4.57 Å². The van der Waals surface area contributed by atoms with Crippen molar-refractivity contribution < 1.29 is 0 Å². The fraction of sp³-hybridized carbons (Fsp3) is 0.294. The molecule has 0 atom stereocenters. The zero-order valence-corrected chi connectivity index (χ0v) is 14.7. The Bertz CT molecular complexity index is 699. The number of rotatable bonds is 4. The van der Waals surface area contributed by atoms with Gasteiger partial charge in [-0.05, 0) is 30.7 Å². The van der Waals surface area contributed by atoms with Crippen LogP contribution < -0.4 is 0 Å². The van der Waals surface area contributed by atoms with Gasteiger partial charge in [0, 0.05) is 26.3 Å². The maximum Gasteiger partial charge on any atom is 0.0502 e. The van der Waals surface area contributed by atoms with Crippen molar-refractivity contribution in [1.29, 1.82) is 0 Å². The average molecular weight is 395 g/mol. The highest BCUT2D eigenvalue weighted by Crippen LogP contribution is 2.33. The Morgan fingerprint density at radius 2 is 1.40 bits per heavy atom. The number of hydrogen-bond donors (Lipinski definition) is 0. The van der Waals surface area contributed by atoms with Crippen LogP contribution in [0.2, 0.25) is 0 Å². The molecule has 3 rings (SSSR count). The monoisotopic (exact) mass is 393 g/mol. The third-order valence-corrected chi connectivity index (χ3v) is 4.76. The fourth-order valence-corrected chi connectivity index (χ4v) is 3.50. The number of aromatic nitrogens is 1. The molecule has 0 aliphatic heterocycles. The quantitative estimate of drug-likeness (QED) is 0.444. The van der Waals surface area contributed by atoms with Crippen molar-refractivity contribution in [2.75, 3.05) is 0 Å². The van der Waals surface area contributed by atoms with Crippen LogP contribution in [0.5, 0.6) is 0 Å². The van der Waals surface area contributed by atoms with Gasteiger partial charge in [-0.15, -0.1) is 0 Å². The van der Waals surface area contributed by atoms with E-state index in [9.17, 15) is 0 Å². The molecule has 104 valence electrons. The Labute approximate surface area is 136 Å². The van der Waals surface area contributed by atoms with Gasteiger partial charge >= 0.3 is 0 Å². The molecule has 20 heavy (non-hydrogen) atoms. The summed E-state index contributed by atoms with van der Waals surface area (Å²) >= 11 is 7.20. The van der Waals surface area contributed by atoms with E-state index in [-0.39, 0.29) is 0 Å². The van der Waals surface area contributed by atoms with Crippen molar-refractivity contribution in [1.82, 2.24) is 4.57 Å². The number of hydrogen-bond acceptors (Lipinski definition) is 0. The summed E-state index contributed by atoms with van der Waals surface area (Å²) < 4.78 is 4.74.